The number of hydrogen-bond donors (Lipinski definition) is 1. The molecule has 1 aromatic rings. The van der Waals surface area contributed by atoms with Crippen LogP contribution in [0.15, 0.2) is 30.4 Å². The van der Waals surface area contributed by atoms with E-state index in [0.29, 0.717) is 6.54 Å². The molecule has 4 nitrogen and oxygen atoms in total. The van der Waals surface area contributed by atoms with Gasteiger partial charge in [-0.3, -0.25) is 10.1 Å². The van der Waals surface area contributed by atoms with E-state index >= 15 is 0 Å². The molecule has 0 bridgehead atoms. The minimum Gasteiger partial charge on any atom is -0.376 e. The molecule has 0 spiro atoms. The maximum absolute atomic E-state index is 13.1. The molecule has 0 unspecified atom stereocenters. The number of nitro benzene ring substituents is 1. The summed E-state index contributed by atoms with van der Waals surface area (Å²) in [6, 6.07) is 3.94. The summed E-state index contributed by atoms with van der Waals surface area (Å²) in [4.78, 5) is 9.85. The number of anilines is 1. The maximum atomic E-state index is 13.1. The first-order valence-corrected chi connectivity index (χ1v) is 4.33. The van der Waals surface area contributed by atoms with Crippen molar-refractivity contribution in [2.24, 2.45) is 0 Å². The molecule has 0 aliphatic carbocycles. The second-order valence-electron chi connectivity index (χ2n) is 3.20. The largest absolute Gasteiger partial charge is 0.376 e. The van der Waals surface area contributed by atoms with Gasteiger partial charge in [0.1, 0.15) is 5.69 Å². The van der Waals surface area contributed by atoms with Crippen LogP contribution in [-0.4, -0.2) is 11.5 Å². The highest BCUT2D eigenvalue weighted by molar-refractivity contribution is 5.62. The summed E-state index contributed by atoms with van der Waals surface area (Å²) in [5, 5.41) is 13.3. The molecule has 0 aromatic heterocycles. The first-order chi connectivity index (χ1) is 7.02. The molecule has 1 rings (SSSR count). The highest BCUT2D eigenvalue weighted by Crippen LogP contribution is 2.27. The van der Waals surface area contributed by atoms with E-state index in [9.17, 15) is 14.5 Å². The van der Waals surface area contributed by atoms with Gasteiger partial charge in [-0.2, -0.15) is 4.39 Å². The van der Waals surface area contributed by atoms with Crippen molar-refractivity contribution in [2.45, 2.75) is 6.92 Å². The summed E-state index contributed by atoms with van der Waals surface area (Å²) < 4.78 is 13.1. The first-order valence-electron chi connectivity index (χ1n) is 4.33. The minimum absolute atomic E-state index is 0.169. The predicted octanol–water partition coefficient (Wildman–Crippen LogP) is 2.72. The van der Waals surface area contributed by atoms with Gasteiger partial charge in [0.25, 0.3) is 0 Å². The fraction of sp³-hybridized carbons (Fsp3) is 0.200. The van der Waals surface area contributed by atoms with Crippen LogP contribution in [0.25, 0.3) is 0 Å². The average Bonchev–Trinajstić information content (AvgIpc) is 2.13. The standard InChI is InChI=1S/C10H11FN2O2/c1-7(2)6-12-9-5-3-4-8(11)10(9)13(14)15/h3-5,12H,1,6H2,2H3. The molecule has 0 aliphatic heterocycles. The molecule has 0 saturated carbocycles. The summed E-state index contributed by atoms with van der Waals surface area (Å²) in [5.74, 6) is -0.841. The number of para-hydroxylation sites is 1. The van der Waals surface area contributed by atoms with Gasteiger partial charge in [0.15, 0.2) is 0 Å². The number of rotatable bonds is 4. The fourth-order valence-electron chi connectivity index (χ4n) is 1.09. The van der Waals surface area contributed by atoms with Gasteiger partial charge in [0.05, 0.1) is 4.92 Å². The normalized spacial score (nSPS) is 9.73. The van der Waals surface area contributed by atoms with Crippen molar-refractivity contribution >= 4 is 11.4 Å². The van der Waals surface area contributed by atoms with E-state index in [4.69, 9.17) is 0 Å². The van der Waals surface area contributed by atoms with Crippen molar-refractivity contribution in [3.05, 3.63) is 46.3 Å². The summed E-state index contributed by atoms with van der Waals surface area (Å²) in [6.07, 6.45) is 0. The fourth-order valence-corrected chi connectivity index (χ4v) is 1.09. The zero-order valence-corrected chi connectivity index (χ0v) is 8.29. The summed E-state index contributed by atoms with van der Waals surface area (Å²) in [5.41, 5.74) is 0.454. The van der Waals surface area contributed by atoms with Crippen molar-refractivity contribution in [3.8, 4) is 0 Å². The second kappa shape index (κ2) is 4.54. The lowest BCUT2D eigenvalue weighted by atomic mass is 10.2. The van der Waals surface area contributed by atoms with Crippen molar-refractivity contribution in [1.29, 1.82) is 0 Å². The van der Waals surface area contributed by atoms with Crippen LogP contribution in [0.1, 0.15) is 6.92 Å². The SMILES string of the molecule is C=C(C)CNc1cccc(F)c1[N+](=O)[O-]. The van der Waals surface area contributed by atoms with Gasteiger partial charge in [-0.1, -0.05) is 18.2 Å². The molecule has 5 heteroatoms. The maximum Gasteiger partial charge on any atom is 0.327 e. The number of nitrogens with one attached hydrogen (secondary N) is 1. The molecule has 1 aromatic carbocycles. The molecule has 15 heavy (non-hydrogen) atoms. The lowest BCUT2D eigenvalue weighted by molar-refractivity contribution is -0.386. The van der Waals surface area contributed by atoms with Gasteiger partial charge < -0.3 is 5.32 Å². The third-order valence-electron chi connectivity index (χ3n) is 1.75. The van der Waals surface area contributed by atoms with Crippen molar-refractivity contribution in [2.75, 3.05) is 11.9 Å². The van der Waals surface area contributed by atoms with E-state index in [1.165, 1.54) is 12.1 Å². The highest BCUT2D eigenvalue weighted by Gasteiger charge is 2.18. The molecule has 0 radical (unpaired) electrons. The van der Waals surface area contributed by atoms with Crippen molar-refractivity contribution in [1.82, 2.24) is 0 Å². The molecule has 80 valence electrons. The van der Waals surface area contributed by atoms with Crippen molar-refractivity contribution in [3.63, 3.8) is 0 Å². The molecule has 0 fully saturated rings. The summed E-state index contributed by atoms with van der Waals surface area (Å²) in [7, 11) is 0. The Morgan fingerprint density at radius 1 is 1.67 bits per heavy atom. The molecular weight excluding hydrogens is 199 g/mol. The number of hydrogen-bond acceptors (Lipinski definition) is 3. The van der Waals surface area contributed by atoms with Crippen LogP contribution < -0.4 is 5.32 Å². The van der Waals surface area contributed by atoms with Crippen LogP contribution in [0.2, 0.25) is 0 Å². The zero-order chi connectivity index (χ0) is 11.4. The van der Waals surface area contributed by atoms with Gasteiger partial charge >= 0.3 is 5.69 Å². The van der Waals surface area contributed by atoms with Crippen LogP contribution in [0.4, 0.5) is 15.8 Å². The van der Waals surface area contributed by atoms with Gasteiger partial charge in [-0.05, 0) is 19.1 Å². The zero-order valence-electron chi connectivity index (χ0n) is 8.29. The number of halogens is 1. The van der Waals surface area contributed by atoms with Crippen molar-refractivity contribution < 1.29 is 9.31 Å². The van der Waals surface area contributed by atoms with E-state index in [1.54, 1.807) is 6.92 Å². The summed E-state index contributed by atoms with van der Waals surface area (Å²) in [6.45, 7) is 5.80. The van der Waals surface area contributed by atoms with Crippen LogP contribution >= 0.6 is 0 Å². The Morgan fingerprint density at radius 3 is 2.87 bits per heavy atom. The van der Waals surface area contributed by atoms with Crippen LogP contribution in [0.5, 0.6) is 0 Å². The Kier molecular flexibility index (Phi) is 3.38. The molecule has 0 saturated heterocycles. The first kappa shape index (κ1) is 11.2. The Morgan fingerprint density at radius 2 is 2.33 bits per heavy atom. The van der Waals surface area contributed by atoms with E-state index in [0.717, 1.165) is 11.6 Å². The quantitative estimate of drug-likeness (QED) is 0.472. The predicted molar refractivity (Wildman–Crippen MR) is 56.4 cm³/mol. The third kappa shape index (κ3) is 2.77. The summed E-state index contributed by atoms with van der Waals surface area (Å²) >= 11 is 0. The molecule has 0 atom stereocenters. The second-order valence-corrected chi connectivity index (χ2v) is 3.20. The minimum atomic E-state index is -0.841. The van der Waals surface area contributed by atoms with E-state index < -0.39 is 16.4 Å². The smallest absolute Gasteiger partial charge is 0.327 e. The monoisotopic (exact) mass is 210 g/mol. The van der Waals surface area contributed by atoms with Crippen LogP contribution in [-0.2, 0) is 0 Å². The Hall–Kier alpha value is -1.91. The molecule has 0 amide bonds. The van der Waals surface area contributed by atoms with Crippen LogP contribution in [0, 0.1) is 15.9 Å². The van der Waals surface area contributed by atoms with Gasteiger partial charge in [-0.25, -0.2) is 0 Å². The number of nitrogens with zero attached hydrogens (tertiary/aromatic N) is 1. The lowest BCUT2D eigenvalue weighted by Gasteiger charge is -2.06. The van der Waals surface area contributed by atoms with E-state index in [1.807, 2.05) is 0 Å². The van der Waals surface area contributed by atoms with E-state index in [-0.39, 0.29) is 5.69 Å². The molecule has 0 aliphatic rings. The average molecular weight is 210 g/mol. The Labute approximate surface area is 86.6 Å². The number of nitro groups is 1. The molecule has 0 heterocycles. The lowest BCUT2D eigenvalue weighted by Crippen LogP contribution is -2.05. The topological polar surface area (TPSA) is 55.2 Å². The third-order valence-corrected chi connectivity index (χ3v) is 1.75. The van der Waals surface area contributed by atoms with E-state index in [2.05, 4.69) is 11.9 Å². The van der Waals surface area contributed by atoms with Gasteiger partial charge in [0, 0.05) is 6.54 Å². The number of benzene rings is 1. The Bertz CT molecular complexity index is 404. The van der Waals surface area contributed by atoms with Gasteiger partial charge in [0.2, 0.25) is 5.82 Å². The molecule has 1 N–H and O–H groups in total. The van der Waals surface area contributed by atoms with Crippen LogP contribution in [0.3, 0.4) is 0 Å². The molecular formula is C10H11FN2O2. The Balaban J connectivity index is 3.01. The highest BCUT2D eigenvalue weighted by atomic mass is 19.1. The van der Waals surface area contributed by atoms with Gasteiger partial charge in [-0.15, -0.1) is 0 Å².